The second-order valence-electron chi connectivity index (χ2n) is 4.82. The number of thioether (sulfide) groups is 1. The third-order valence-corrected chi connectivity index (χ3v) is 4.53. The molecule has 0 heterocycles. The van der Waals surface area contributed by atoms with Crippen LogP contribution in [0.2, 0.25) is 0 Å². The molecule has 1 saturated carbocycles. The Labute approximate surface area is 106 Å². The molecular formula is C15H17NS. The molecule has 17 heavy (non-hydrogen) atoms. The van der Waals surface area contributed by atoms with Gasteiger partial charge in [0.2, 0.25) is 0 Å². The van der Waals surface area contributed by atoms with E-state index in [1.807, 2.05) is 11.8 Å². The quantitative estimate of drug-likeness (QED) is 0.829. The van der Waals surface area contributed by atoms with E-state index in [0.717, 1.165) is 11.7 Å². The van der Waals surface area contributed by atoms with E-state index >= 15 is 0 Å². The van der Waals surface area contributed by atoms with E-state index in [0.29, 0.717) is 6.04 Å². The van der Waals surface area contributed by atoms with Crippen LogP contribution in [-0.2, 0) is 0 Å². The number of rotatable bonds is 4. The van der Waals surface area contributed by atoms with E-state index in [4.69, 9.17) is 5.73 Å². The first-order valence-electron chi connectivity index (χ1n) is 6.20. The molecule has 0 spiro atoms. The van der Waals surface area contributed by atoms with E-state index in [1.54, 1.807) is 0 Å². The van der Waals surface area contributed by atoms with Gasteiger partial charge in [0.15, 0.2) is 0 Å². The van der Waals surface area contributed by atoms with Crippen LogP contribution in [0.3, 0.4) is 0 Å². The average molecular weight is 243 g/mol. The molecule has 0 aliphatic heterocycles. The first kappa shape index (κ1) is 11.1. The Balaban J connectivity index is 1.71. The van der Waals surface area contributed by atoms with Crippen LogP contribution in [0.15, 0.2) is 47.4 Å². The number of nitrogens with two attached hydrogens (primary N) is 1. The van der Waals surface area contributed by atoms with Gasteiger partial charge in [0.1, 0.15) is 0 Å². The van der Waals surface area contributed by atoms with Gasteiger partial charge in [0.05, 0.1) is 0 Å². The molecule has 1 atom stereocenters. The Morgan fingerprint density at radius 3 is 2.65 bits per heavy atom. The van der Waals surface area contributed by atoms with Crippen molar-refractivity contribution < 1.29 is 0 Å². The summed E-state index contributed by atoms with van der Waals surface area (Å²) in [6, 6.07) is 15.5. The molecule has 0 saturated heterocycles. The highest BCUT2D eigenvalue weighted by molar-refractivity contribution is 7.99. The molecule has 1 unspecified atom stereocenters. The van der Waals surface area contributed by atoms with Gasteiger partial charge in [-0.15, -0.1) is 11.8 Å². The van der Waals surface area contributed by atoms with Crippen molar-refractivity contribution in [2.75, 3.05) is 5.75 Å². The molecule has 0 radical (unpaired) electrons. The van der Waals surface area contributed by atoms with Crippen molar-refractivity contribution in [3.05, 3.63) is 42.5 Å². The average Bonchev–Trinajstić information content (AvgIpc) is 3.20. The summed E-state index contributed by atoms with van der Waals surface area (Å²) >= 11 is 1.89. The zero-order chi connectivity index (χ0) is 11.7. The van der Waals surface area contributed by atoms with E-state index in [-0.39, 0.29) is 0 Å². The van der Waals surface area contributed by atoms with Crippen LogP contribution in [0.4, 0.5) is 0 Å². The molecule has 1 aliphatic rings. The molecule has 88 valence electrons. The van der Waals surface area contributed by atoms with Gasteiger partial charge in [-0.3, -0.25) is 0 Å². The molecule has 1 aliphatic carbocycles. The molecule has 0 amide bonds. The zero-order valence-corrected chi connectivity index (χ0v) is 10.6. The van der Waals surface area contributed by atoms with Crippen LogP contribution < -0.4 is 5.73 Å². The summed E-state index contributed by atoms with van der Waals surface area (Å²) in [6.45, 7) is 0. The fourth-order valence-electron chi connectivity index (χ4n) is 2.11. The smallest absolute Gasteiger partial charge is 0.0162 e. The minimum atomic E-state index is 0.381. The normalized spacial score (nSPS) is 17.2. The Hall–Kier alpha value is -0.990. The van der Waals surface area contributed by atoms with Gasteiger partial charge in [-0.25, -0.2) is 0 Å². The standard InChI is InChI=1S/C15H17NS/c16-15(12-5-6-12)10-17-14-8-7-11-3-1-2-4-13(11)9-14/h1-4,7-9,12,15H,5-6,10,16H2. The Kier molecular flexibility index (Phi) is 3.08. The molecule has 0 bridgehead atoms. The summed E-state index contributed by atoms with van der Waals surface area (Å²) in [6.07, 6.45) is 2.67. The van der Waals surface area contributed by atoms with E-state index in [1.165, 1.54) is 28.5 Å². The molecule has 2 aromatic rings. The summed E-state index contributed by atoms with van der Waals surface area (Å²) in [5, 5.41) is 2.63. The molecule has 3 rings (SSSR count). The molecule has 2 heteroatoms. The van der Waals surface area contributed by atoms with Gasteiger partial charge < -0.3 is 5.73 Å². The Bertz CT molecular complexity index is 519. The van der Waals surface area contributed by atoms with Crippen LogP contribution in [0.1, 0.15) is 12.8 Å². The van der Waals surface area contributed by atoms with Crippen molar-refractivity contribution >= 4 is 22.5 Å². The summed E-state index contributed by atoms with van der Waals surface area (Å²) in [5.74, 6) is 1.84. The Morgan fingerprint density at radius 2 is 1.88 bits per heavy atom. The highest BCUT2D eigenvalue weighted by Gasteiger charge is 2.28. The monoisotopic (exact) mass is 243 g/mol. The number of benzene rings is 2. The second kappa shape index (κ2) is 4.71. The SMILES string of the molecule is NC(CSc1ccc2ccccc2c1)C1CC1. The number of hydrogen-bond donors (Lipinski definition) is 1. The first-order valence-corrected chi connectivity index (χ1v) is 7.19. The molecular weight excluding hydrogens is 226 g/mol. The summed E-state index contributed by atoms with van der Waals surface area (Å²) < 4.78 is 0. The van der Waals surface area contributed by atoms with E-state index < -0.39 is 0 Å². The van der Waals surface area contributed by atoms with Gasteiger partial charge in [-0.05, 0) is 41.7 Å². The molecule has 1 nitrogen and oxygen atoms in total. The maximum Gasteiger partial charge on any atom is 0.0162 e. The molecule has 2 N–H and O–H groups in total. The van der Waals surface area contributed by atoms with Crippen LogP contribution >= 0.6 is 11.8 Å². The third kappa shape index (κ3) is 2.64. The topological polar surface area (TPSA) is 26.0 Å². The highest BCUT2D eigenvalue weighted by atomic mass is 32.2. The first-order chi connectivity index (χ1) is 8.33. The maximum absolute atomic E-state index is 6.12. The van der Waals surface area contributed by atoms with Crippen molar-refractivity contribution in [3.63, 3.8) is 0 Å². The Morgan fingerprint density at radius 1 is 1.12 bits per heavy atom. The predicted molar refractivity (Wildman–Crippen MR) is 75.4 cm³/mol. The third-order valence-electron chi connectivity index (χ3n) is 3.39. The lowest BCUT2D eigenvalue weighted by Crippen LogP contribution is -2.24. The van der Waals surface area contributed by atoms with Gasteiger partial charge in [-0.2, -0.15) is 0 Å². The fourth-order valence-corrected chi connectivity index (χ4v) is 3.14. The van der Waals surface area contributed by atoms with Crippen molar-refractivity contribution in [1.82, 2.24) is 0 Å². The lowest BCUT2D eigenvalue weighted by molar-refractivity contribution is 0.659. The van der Waals surface area contributed by atoms with Crippen LogP contribution in [0.25, 0.3) is 10.8 Å². The molecule has 2 aromatic carbocycles. The molecule has 0 aromatic heterocycles. The van der Waals surface area contributed by atoms with Gasteiger partial charge in [0.25, 0.3) is 0 Å². The zero-order valence-electron chi connectivity index (χ0n) is 9.80. The summed E-state index contributed by atoms with van der Waals surface area (Å²) in [5.41, 5.74) is 6.12. The highest BCUT2D eigenvalue weighted by Crippen LogP contribution is 2.34. The largest absolute Gasteiger partial charge is 0.327 e. The van der Waals surface area contributed by atoms with Gasteiger partial charge >= 0.3 is 0 Å². The maximum atomic E-state index is 6.12. The lowest BCUT2D eigenvalue weighted by atomic mass is 10.1. The van der Waals surface area contributed by atoms with Gasteiger partial charge in [0, 0.05) is 16.7 Å². The van der Waals surface area contributed by atoms with Crippen molar-refractivity contribution in [1.29, 1.82) is 0 Å². The second-order valence-corrected chi connectivity index (χ2v) is 5.91. The summed E-state index contributed by atoms with van der Waals surface area (Å²) in [4.78, 5) is 1.33. The predicted octanol–water partition coefficient (Wildman–Crippen LogP) is 3.67. The number of hydrogen-bond acceptors (Lipinski definition) is 2. The minimum Gasteiger partial charge on any atom is -0.327 e. The summed E-state index contributed by atoms with van der Waals surface area (Å²) in [7, 11) is 0. The van der Waals surface area contributed by atoms with E-state index in [9.17, 15) is 0 Å². The van der Waals surface area contributed by atoms with Crippen LogP contribution in [-0.4, -0.2) is 11.8 Å². The minimum absolute atomic E-state index is 0.381. The molecule has 1 fully saturated rings. The van der Waals surface area contributed by atoms with Crippen molar-refractivity contribution in [2.45, 2.75) is 23.8 Å². The van der Waals surface area contributed by atoms with Crippen molar-refractivity contribution in [2.24, 2.45) is 11.7 Å². The van der Waals surface area contributed by atoms with E-state index in [2.05, 4.69) is 42.5 Å². The van der Waals surface area contributed by atoms with Crippen molar-refractivity contribution in [3.8, 4) is 0 Å². The van der Waals surface area contributed by atoms with Crippen LogP contribution in [0.5, 0.6) is 0 Å². The number of fused-ring (bicyclic) bond motifs is 1. The lowest BCUT2D eigenvalue weighted by Gasteiger charge is -2.09. The fraction of sp³-hybridized carbons (Fsp3) is 0.333. The van der Waals surface area contributed by atoms with Gasteiger partial charge in [-0.1, -0.05) is 30.3 Å². The van der Waals surface area contributed by atoms with Crippen LogP contribution in [0, 0.1) is 5.92 Å².